The lowest BCUT2D eigenvalue weighted by Crippen LogP contribution is -2.09. The number of rotatable bonds is 5. The highest BCUT2D eigenvalue weighted by molar-refractivity contribution is 7.90. The average Bonchev–Trinajstić information content (AvgIpc) is 2.86. The van der Waals surface area contributed by atoms with Crippen LogP contribution in [0.15, 0.2) is 36.5 Å². The van der Waals surface area contributed by atoms with Gasteiger partial charge in [-0.3, -0.25) is 0 Å². The zero-order valence-electron chi connectivity index (χ0n) is 10.5. The Morgan fingerprint density at radius 2 is 2.00 bits per heavy atom. The molecule has 102 valence electrons. The van der Waals surface area contributed by atoms with E-state index in [4.69, 9.17) is 0 Å². The van der Waals surface area contributed by atoms with Gasteiger partial charge in [0.2, 0.25) is 0 Å². The average molecular weight is 281 g/mol. The molecule has 19 heavy (non-hydrogen) atoms. The van der Waals surface area contributed by atoms with E-state index in [1.807, 2.05) is 30.3 Å². The van der Waals surface area contributed by atoms with Crippen molar-refractivity contribution in [1.29, 1.82) is 0 Å². The van der Waals surface area contributed by atoms with Gasteiger partial charge in [-0.2, -0.15) is 15.0 Å². The molecule has 0 spiro atoms. The third-order valence-electron chi connectivity index (χ3n) is 2.60. The summed E-state index contributed by atoms with van der Waals surface area (Å²) in [5.41, 5.74) is 1.15. The van der Waals surface area contributed by atoms with Crippen molar-refractivity contribution < 1.29 is 13.5 Å². The molecule has 1 aromatic heterocycles. The van der Waals surface area contributed by atoms with Gasteiger partial charge in [-0.15, -0.1) is 0 Å². The number of para-hydroxylation sites is 1. The van der Waals surface area contributed by atoms with Gasteiger partial charge in [0.25, 0.3) is 0 Å². The van der Waals surface area contributed by atoms with Crippen LogP contribution in [0.4, 0.5) is 0 Å². The lowest BCUT2D eigenvalue weighted by atomic mass is 10.2. The molecule has 0 saturated carbocycles. The second-order valence-electron chi connectivity index (χ2n) is 4.33. The number of benzene rings is 1. The number of aliphatic hydroxyl groups excluding tert-OH is 1. The van der Waals surface area contributed by atoms with Gasteiger partial charge >= 0.3 is 0 Å². The van der Waals surface area contributed by atoms with E-state index in [9.17, 15) is 13.5 Å². The Morgan fingerprint density at radius 3 is 2.63 bits per heavy atom. The molecule has 1 heterocycles. The van der Waals surface area contributed by atoms with Gasteiger partial charge in [0.1, 0.15) is 21.6 Å². The second kappa shape index (κ2) is 5.50. The molecule has 1 N–H and O–H groups in total. The van der Waals surface area contributed by atoms with Crippen molar-refractivity contribution in [1.82, 2.24) is 15.0 Å². The molecule has 0 aliphatic heterocycles. The summed E-state index contributed by atoms with van der Waals surface area (Å²) < 4.78 is 22.1. The summed E-state index contributed by atoms with van der Waals surface area (Å²) in [6.45, 7) is 0. The van der Waals surface area contributed by atoms with Crippen LogP contribution in [0.2, 0.25) is 0 Å². The van der Waals surface area contributed by atoms with Crippen LogP contribution in [-0.2, 0) is 9.84 Å². The number of sulfone groups is 1. The minimum Gasteiger partial charge on any atom is -0.387 e. The highest BCUT2D eigenvalue weighted by Gasteiger charge is 2.15. The maximum Gasteiger partial charge on any atom is 0.147 e. The van der Waals surface area contributed by atoms with Crippen molar-refractivity contribution in [2.75, 3.05) is 12.0 Å². The monoisotopic (exact) mass is 281 g/mol. The van der Waals surface area contributed by atoms with Crippen molar-refractivity contribution in [3.05, 3.63) is 42.2 Å². The van der Waals surface area contributed by atoms with Crippen LogP contribution in [-0.4, -0.2) is 40.5 Å². The van der Waals surface area contributed by atoms with E-state index in [2.05, 4.69) is 10.2 Å². The summed E-state index contributed by atoms with van der Waals surface area (Å²) in [6.07, 6.45) is 1.78. The fraction of sp³-hybridized carbons (Fsp3) is 0.333. The van der Waals surface area contributed by atoms with Gasteiger partial charge in [0.15, 0.2) is 0 Å². The first-order valence-electron chi connectivity index (χ1n) is 5.79. The van der Waals surface area contributed by atoms with Crippen LogP contribution in [0, 0.1) is 0 Å². The molecule has 1 atom stereocenters. The standard InChI is InChI=1S/C12H15N3O3S/c1-19(17,18)8-7-12(16)11-9-13-15(14-11)10-5-3-2-4-6-10/h2-6,9,12,16H,7-8H2,1H3. The Kier molecular flexibility index (Phi) is 3.96. The fourth-order valence-corrected chi connectivity index (χ4v) is 2.24. The quantitative estimate of drug-likeness (QED) is 0.873. The van der Waals surface area contributed by atoms with Crippen molar-refractivity contribution in [3.8, 4) is 5.69 Å². The Hall–Kier alpha value is -1.73. The van der Waals surface area contributed by atoms with E-state index in [1.54, 1.807) is 0 Å². The Labute approximate surface area is 111 Å². The number of hydrogen-bond donors (Lipinski definition) is 1. The minimum atomic E-state index is -3.09. The Bertz CT molecular complexity index is 637. The number of hydrogen-bond acceptors (Lipinski definition) is 5. The largest absolute Gasteiger partial charge is 0.387 e. The topological polar surface area (TPSA) is 85.1 Å². The maximum absolute atomic E-state index is 11.0. The van der Waals surface area contributed by atoms with Gasteiger partial charge in [0, 0.05) is 6.26 Å². The van der Waals surface area contributed by atoms with Crippen LogP contribution >= 0.6 is 0 Å². The zero-order valence-corrected chi connectivity index (χ0v) is 11.3. The summed E-state index contributed by atoms with van der Waals surface area (Å²) in [6, 6.07) is 9.28. The third-order valence-corrected chi connectivity index (χ3v) is 3.58. The van der Waals surface area contributed by atoms with E-state index >= 15 is 0 Å². The normalized spacial score (nSPS) is 13.4. The smallest absolute Gasteiger partial charge is 0.147 e. The van der Waals surface area contributed by atoms with E-state index in [1.165, 1.54) is 11.0 Å². The molecule has 6 nitrogen and oxygen atoms in total. The molecule has 0 aliphatic rings. The van der Waals surface area contributed by atoms with Crippen LogP contribution in [0.1, 0.15) is 18.2 Å². The van der Waals surface area contributed by atoms with Crippen molar-refractivity contribution in [3.63, 3.8) is 0 Å². The van der Waals surface area contributed by atoms with Gasteiger partial charge in [-0.05, 0) is 18.6 Å². The first-order valence-corrected chi connectivity index (χ1v) is 7.85. The van der Waals surface area contributed by atoms with Gasteiger partial charge in [-0.25, -0.2) is 8.42 Å². The van der Waals surface area contributed by atoms with Crippen molar-refractivity contribution >= 4 is 9.84 Å². The summed E-state index contributed by atoms with van der Waals surface area (Å²) in [5.74, 6) is -0.0770. The molecule has 7 heteroatoms. The molecule has 0 amide bonds. The predicted octanol–water partition coefficient (Wildman–Crippen LogP) is 0.735. The minimum absolute atomic E-state index is 0.0770. The molecular formula is C12H15N3O3S. The Balaban J connectivity index is 2.09. The first kappa shape index (κ1) is 13.7. The maximum atomic E-state index is 11.0. The van der Waals surface area contributed by atoms with Crippen molar-refractivity contribution in [2.24, 2.45) is 0 Å². The third kappa shape index (κ3) is 3.87. The number of aliphatic hydroxyl groups is 1. The molecule has 2 rings (SSSR count). The van der Waals surface area contributed by atoms with Crippen LogP contribution in [0.5, 0.6) is 0 Å². The molecule has 0 radical (unpaired) electrons. The lowest BCUT2D eigenvalue weighted by Gasteiger charge is -2.05. The van der Waals surface area contributed by atoms with Gasteiger partial charge in [-0.1, -0.05) is 18.2 Å². The molecule has 1 unspecified atom stereocenters. The zero-order chi connectivity index (χ0) is 13.9. The second-order valence-corrected chi connectivity index (χ2v) is 6.59. The van der Waals surface area contributed by atoms with Crippen LogP contribution in [0.25, 0.3) is 5.69 Å². The SMILES string of the molecule is CS(=O)(=O)CCC(O)c1cnn(-c2ccccc2)n1. The fourth-order valence-electron chi connectivity index (χ4n) is 1.59. The highest BCUT2D eigenvalue weighted by Crippen LogP contribution is 2.15. The summed E-state index contributed by atoms with van der Waals surface area (Å²) in [7, 11) is -3.09. The van der Waals surface area contributed by atoms with Crippen molar-refractivity contribution in [2.45, 2.75) is 12.5 Å². The highest BCUT2D eigenvalue weighted by atomic mass is 32.2. The number of aromatic nitrogens is 3. The molecule has 1 aromatic carbocycles. The van der Waals surface area contributed by atoms with Crippen LogP contribution < -0.4 is 0 Å². The number of nitrogens with zero attached hydrogens (tertiary/aromatic N) is 3. The van der Waals surface area contributed by atoms with E-state index in [0.29, 0.717) is 5.69 Å². The molecule has 2 aromatic rings. The van der Waals surface area contributed by atoms with Crippen LogP contribution in [0.3, 0.4) is 0 Å². The summed E-state index contributed by atoms with van der Waals surface area (Å²) >= 11 is 0. The first-order chi connectivity index (χ1) is 8.96. The molecule has 0 saturated heterocycles. The lowest BCUT2D eigenvalue weighted by molar-refractivity contribution is 0.169. The summed E-state index contributed by atoms with van der Waals surface area (Å²) in [5, 5.41) is 18.1. The van der Waals surface area contributed by atoms with E-state index in [-0.39, 0.29) is 12.2 Å². The van der Waals surface area contributed by atoms with E-state index in [0.717, 1.165) is 11.9 Å². The molecule has 0 aliphatic carbocycles. The Morgan fingerprint density at radius 1 is 1.32 bits per heavy atom. The summed E-state index contributed by atoms with van der Waals surface area (Å²) in [4.78, 5) is 1.40. The predicted molar refractivity (Wildman–Crippen MR) is 70.6 cm³/mol. The van der Waals surface area contributed by atoms with E-state index < -0.39 is 15.9 Å². The molecule has 0 fully saturated rings. The molecule has 0 bridgehead atoms. The molecular weight excluding hydrogens is 266 g/mol. The van der Waals surface area contributed by atoms with Gasteiger partial charge in [0.05, 0.1) is 17.6 Å². The van der Waals surface area contributed by atoms with Gasteiger partial charge < -0.3 is 5.11 Å².